The maximum Gasteiger partial charge on any atom is 0.354 e. The van der Waals surface area contributed by atoms with Crippen LogP contribution in [0.4, 0.5) is 0 Å². The lowest BCUT2D eigenvalue weighted by atomic mass is 9.99. The van der Waals surface area contributed by atoms with Gasteiger partial charge >= 0.3 is 11.9 Å². The number of thiocyanates is 1. The fourth-order valence-corrected chi connectivity index (χ4v) is 6.64. The third kappa shape index (κ3) is 14.3. The number of hydrogen-bond acceptors (Lipinski definition) is 13. The summed E-state index contributed by atoms with van der Waals surface area (Å²) in [4.78, 5) is 50.3. The van der Waals surface area contributed by atoms with E-state index in [9.17, 15) is 24.6 Å². The second-order valence-electron chi connectivity index (χ2n) is 13.2. The van der Waals surface area contributed by atoms with Gasteiger partial charge in [-0.25, -0.2) is 19.6 Å². The fraction of sp³-hybridized carbons (Fsp3) is 0.381. The molecule has 0 spiro atoms. The highest BCUT2D eigenvalue weighted by molar-refractivity contribution is 8.03. The molecule has 0 radical (unpaired) electrons. The molecular formula is C42H48N6O9S. The number of carbonyl (C=O) groups is 3. The van der Waals surface area contributed by atoms with Gasteiger partial charge in [0, 0.05) is 49.7 Å². The highest BCUT2D eigenvalue weighted by Crippen LogP contribution is 2.28. The Morgan fingerprint density at radius 1 is 0.724 bits per heavy atom. The maximum absolute atomic E-state index is 13.1. The first-order valence-corrected chi connectivity index (χ1v) is 19.8. The molecule has 5 rings (SSSR count). The molecule has 1 saturated heterocycles. The number of aromatic carboxylic acids is 2. The van der Waals surface area contributed by atoms with Gasteiger partial charge in [0.2, 0.25) is 0 Å². The van der Waals surface area contributed by atoms with Crippen LogP contribution < -0.4 is 5.32 Å². The maximum atomic E-state index is 13.1. The number of hydrogen-bond donors (Lipinski definition) is 3. The number of thioether (sulfide) groups is 1. The number of rotatable bonds is 12. The van der Waals surface area contributed by atoms with Crippen molar-refractivity contribution in [3.8, 4) is 5.40 Å². The lowest BCUT2D eigenvalue weighted by molar-refractivity contribution is 0.00331. The Morgan fingerprint density at radius 3 is 1.88 bits per heavy atom. The molecule has 3 heterocycles. The average Bonchev–Trinajstić information content (AvgIpc) is 3.23. The lowest BCUT2D eigenvalue weighted by Crippen LogP contribution is -2.36. The molecule has 4 aromatic rings. The van der Waals surface area contributed by atoms with Gasteiger partial charge in [-0.2, -0.15) is 5.26 Å². The number of pyridine rings is 2. The summed E-state index contributed by atoms with van der Waals surface area (Å²) >= 11 is 1.10. The van der Waals surface area contributed by atoms with E-state index in [1.165, 1.54) is 12.1 Å². The number of nitrogens with one attached hydrogen (secondary N) is 1. The summed E-state index contributed by atoms with van der Waals surface area (Å²) < 4.78 is 23.8. The smallest absolute Gasteiger partial charge is 0.354 e. The molecule has 1 unspecified atom stereocenters. The SMILES string of the molecule is N#CSc1ccc(CCNC(=O)c2ccc(C(c3cccc(C(=O)O)n3)N3CCOCCOCCN(Cc4cccc(C(=O)O)n4)CCOCCOCC3)cc2)cc1. The molecular weight excluding hydrogens is 765 g/mol. The number of carboxylic acids is 2. The minimum absolute atomic E-state index is 0.00252. The molecule has 1 atom stereocenters. The van der Waals surface area contributed by atoms with E-state index in [4.69, 9.17) is 24.2 Å². The molecule has 0 aliphatic carbocycles. The minimum atomic E-state index is -1.14. The van der Waals surface area contributed by atoms with Gasteiger partial charge in [0.05, 0.1) is 70.3 Å². The first-order valence-electron chi connectivity index (χ1n) is 19.0. The third-order valence-electron chi connectivity index (χ3n) is 9.21. The van der Waals surface area contributed by atoms with Crippen molar-refractivity contribution in [2.45, 2.75) is 23.9 Å². The van der Waals surface area contributed by atoms with Crippen LogP contribution >= 0.6 is 11.8 Å². The monoisotopic (exact) mass is 812 g/mol. The minimum Gasteiger partial charge on any atom is -0.477 e. The highest BCUT2D eigenvalue weighted by atomic mass is 32.2. The molecule has 15 nitrogen and oxygen atoms in total. The van der Waals surface area contributed by atoms with Crippen LogP contribution in [0.5, 0.6) is 0 Å². The van der Waals surface area contributed by atoms with Gasteiger partial charge < -0.3 is 34.5 Å². The molecule has 16 heteroatoms. The number of ether oxygens (including phenoxy) is 4. The predicted molar refractivity (Wildman–Crippen MR) is 215 cm³/mol. The average molecular weight is 813 g/mol. The van der Waals surface area contributed by atoms with Gasteiger partial charge in [-0.05, 0) is 77.8 Å². The Kier molecular flexibility index (Phi) is 18.0. The molecule has 0 bridgehead atoms. The number of amides is 1. The molecule has 58 heavy (non-hydrogen) atoms. The van der Waals surface area contributed by atoms with Crippen LogP contribution in [-0.2, 0) is 31.9 Å². The van der Waals surface area contributed by atoms with Gasteiger partial charge in [0.1, 0.15) is 16.8 Å². The van der Waals surface area contributed by atoms with E-state index >= 15 is 0 Å². The number of nitrogens with zero attached hydrogens (tertiary/aromatic N) is 5. The molecule has 1 amide bonds. The summed E-state index contributed by atoms with van der Waals surface area (Å²) in [5.41, 5.74) is 3.42. The largest absolute Gasteiger partial charge is 0.477 e. The van der Waals surface area contributed by atoms with Gasteiger partial charge in [0.25, 0.3) is 5.91 Å². The lowest BCUT2D eigenvalue weighted by Gasteiger charge is -2.32. The fourth-order valence-electron chi connectivity index (χ4n) is 6.26. The van der Waals surface area contributed by atoms with Crippen LogP contribution in [0.2, 0.25) is 0 Å². The van der Waals surface area contributed by atoms with Crippen LogP contribution in [0, 0.1) is 10.7 Å². The molecule has 1 aliphatic rings. The van der Waals surface area contributed by atoms with Crippen molar-refractivity contribution in [3.05, 3.63) is 124 Å². The first kappa shape index (κ1) is 43.9. The van der Waals surface area contributed by atoms with E-state index in [1.807, 2.05) is 36.4 Å². The van der Waals surface area contributed by atoms with Crippen LogP contribution in [0.1, 0.15) is 59.9 Å². The van der Waals surface area contributed by atoms with Crippen molar-refractivity contribution in [2.24, 2.45) is 0 Å². The van der Waals surface area contributed by atoms with E-state index in [0.717, 1.165) is 27.8 Å². The van der Waals surface area contributed by atoms with Gasteiger partial charge in [-0.3, -0.25) is 14.6 Å². The van der Waals surface area contributed by atoms with Crippen LogP contribution in [0.25, 0.3) is 0 Å². The zero-order valence-electron chi connectivity index (χ0n) is 32.2. The van der Waals surface area contributed by atoms with Crippen molar-refractivity contribution < 1.29 is 43.5 Å². The predicted octanol–water partition coefficient (Wildman–Crippen LogP) is 4.39. The third-order valence-corrected chi connectivity index (χ3v) is 9.81. The normalized spacial score (nSPS) is 16.3. The molecule has 2 aromatic carbocycles. The van der Waals surface area contributed by atoms with Crippen LogP contribution in [0.15, 0.2) is 89.8 Å². The highest BCUT2D eigenvalue weighted by Gasteiger charge is 2.25. The van der Waals surface area contributed by atoms with Crippen LogP contribution in [0.3, 0.4) is 0 Å². The zero-order valence-corrected chi connectivity index (χ0v) is 33.0. The first-order chi connectivity index (χ1) is 28.3. The van der Waals surface area contributed by atoms with Gasteiger partial charge in [-0.15, -0.1) is 0 Å². The summed E-state index contributed by atoms with van der Waals surface area (Å²) in [5.74, 6) is -2.43. The summed E-state index contributed by atoms with van der Waals surface area (Å²) in [6.07, 6.45) is 0.635. The molecule has 0 saturated carbocycles. The second-order valence-corrected chi connectivity index (χ2v) is 14.1. The summed E-state index contributed by atoms with van der Waals surface area (Å²) in [6.45, 7) is 5.93. The van der Waals surface area contributed by atoms with Crippen molar-refractivity contribution in [3.63, 3.8) is 0 Å². The van der Waals surface area contributed by atoms with E-state index < -0.39 is 18.0 Å². The number of benzene rings is 2. The number of carboxylic acid groups (broad SMARTS) is 2. The standard InChI is InChI=1S/C42H48N6O9S/c43-30-58-35-13-7-31(8-14-35)15-16-44-40(49)33-11-9-32(10-12-33)39(36-4-2-6-38(46-36)42(52)53)48-19-23-56-27-25-54-21-17-47(18-22-55-26-28-57-24-20-48)29-34-3-1-5-37(45-34)41(50)51/h1-14,39H,15-29H2,(H,44,49)(H,50,51)(H,52,53). The van der Waals surface area contributed by atoms with Crippen molar-refractivity contribution >= 4 is 29.6 Å². The molecule has 1 fully saturated rings. The number of carbonyl (C=O) groups excluding carboxylic acids is 1. The Bertz CT molecular complexity index is 1940. The van der Waals surface area contributed by atoms with Crippen molar-refractivity contribution in [1.29, 1.82) is 5.26 Å². The molecule has 1 aliphatic heterocycles. The van der Waals surface area contributed by atoms with Gasteiger partial charge in [0.15, 0.2) is 0 Å². The second kappa shape index (κ2) is 23.9. The summed E-state index contributed by atoms with van der Waals surface area (Å²) in [7, 11) is 0. The molecule has 2 aromatic heterocycles. The Hall–Kier alpha value is -5.25. The van der Waals surface area contributed by atoms with Crippen LogP contribution in [-0.4, -0.2) is 133 Å². The molecule has 3 N–H and O–H groups in total. The van der Waals surface area contributed by atoms with E-state index in [1.54, 1.807) is 36.4 Å². The van der Waals surface area contributed by atoms with E-state index in [0.29, 0.717) is 115 Å². The topological polar surface area (TPSA) is 197 Å². The quantitative estimate of drug-likeness (QED) is 0.134. The zero-order chi connectivity index (χ0) is 41.0. The Labute approximate surface area is 341 Å². The molecule has 306 valence electrons. The Morgan fingerprint density at radius 2 is 1.29 bits per heavy atom. The number of aromatic nitrogens is 2. The van der Waals surface area contributed by atoms with Crippen molar-refractivity contribution in [1.82, 2.24) is 25.1 Å². The summed E-state index contributed by atoms with van der Waals surface area (Å²) in [6, 6.07) is 24.3. The van der Waals surface area contributed by atoms with Crippen molar-refractivity contribution in [2.75, 3.05) is 85.6 Å². The Balaban J connectivity index is 1.22. The number of nitriles is 1. The van der Waals surface area contributed by atoms with E-state index in [-0.39, 0.29) is 17.3 Å². The summed E-state index contributed by atoms with van der Waals surface area (Å²) in [5, 5.41) is 33.0. The van der Waals surface area contributed by atoms with Gasteiger partial charge in [-0.1, -0.05) is 36.4 Å². The van der Waals surface area contributed by atoms with E-state index in [2.05, 4.69) is 30.5 Å².